The summed E-state index contributed by atoms with van der Waals surface area (Å²) in [6.45, 7) is 0. The van der Waals surface area contributed by atoms with Gasteiger partial charge in [-0.2, -0.15) is 5.26 Å². The van der Waals surface area contributed by atoms with E-state index in [4.69, 9.17) is 25.8 Å². The Hall–Kier alpha value is -2.91. The molecule has 1 amide bonds. The molecule has 146 valence electrons. The van der Waals surface area contributed by atoms with Crippen LogP contribution < -0.4 is 19.5 Å². The fourth-order valence-corrected chi connectivity index (χ4v) is 3.59. The minimum atomic E-state index is -0.839. The van der Waals surface area contributed by atoms with Crippen LogP contribution in [0, 0.1) is 17.2 Å². The first-order chi connectivity index (χ1) is 13.5. The summed E-state index contributed by atoms with van der Waals surface area (Å²) < 4.78 is 15.9. The predicted molar refractivity (Wildman–Crippen MR) is 105 cm³/mol. The second-order valence-corrected chi connectivity index (χ2v) is 6.91. The third-order valence-electron chi connectivity index (χ3n) is 4.87. The molecule has 0 aromatic heterocycles. The first-order valence-corrected chi connectivity index (χ1v) is 9.16. The summed E-state index contributed by atoms with van der Waals surface area (Å²) in [6, 6.07) is 12.1. The van der Waals surface area contributed by atoms with Crippen LogP contribution in [0.2, 0.25) is 5.02 Å². The minimum absolute atomic E-state index is 0.0768. The number of nitriles is 1. The maximum absolute atomic E-state index is 12.7. The highest BCUT2D eigenvalue weighted by molar-refractivity contribution is 6.31. The van der Waals surface area contributed by atoms with Gasteiger partial charge in [-0.1, -0.05) is 29.8 Å². The van der Waals surface area contributed by atoms with Gasteiger partial charge in [0.05, 0.1) is 27.4 Å². The molecule has 1 saturated carbocycles. The van der Waals surface area contributed by atoms with Crippen LogP contribution in [-0.4, -0.2) is 27.2 Å². The third-order valence-corrected chi connectivity index (χ3v) is 5.21. The number of halogens is 1. The van der Waals surface area contributed by atoms with Crippen LogP contribution in [-0.2, 0) is 4.79 Å². The topological polar surface area (TPSA) is 80.6 Å². The van der Waals surface area contributed by atoms with Crippen molar-refractivity contribution in [1.29, 1.82) is 5.26 Å². The normalized spacial score (nSPS) is 18.5. The molecule has 1 aliphatic carbocycles. The third kappa shape index (κ3) is 3.85. The molecule has 3 unspecified atom stereocenters. The van der Waals surface area contributed by atoms with Crippen LogP contribution in [0.1, 0.15) is 29.5 Å². The van der Waals surface area contributed by atoms with Gasteiger partial charge in [-0.3, -0.25) is 4.79 Å². The molecule has 7 heteroatoms. The van der Waals surface area contributed by atoms with Crippen LogP contribution in [0.15, 0.2) is 36.4 Å². The number of carbonyl (C=O) groups excluding carboxylic acids is 1. The first-order valence-electron chi connectivity index (χ1n) is 8.78. The van der Waals surface area contributed by atoms with Gasteiger partial charge in [0, 0.05) is 10.9 Å². The molecule has 0 heterocycles. The fourth-order valence-electron chi connectivity index (χ4n) is 3.31. The summed E-state index contributed by atoms with van der Waals surface area (Å²) in [5, 5.41) is 13.1. The standard InChI is InChI=1S/C21H21ClN2O4/c1-26-18-8-12(9-19(27-2)20(18)28-3)17(11-23)24-21(25)15-10-14(15)13-6-4-5-7-16(13)22/h4-9,14-15,17H,10H2,1-3H3,(H,24,25). The zero-order chi connectivity index (χ0) is 20.3. The molecule has 2 aromatic carbocycles. The number of rotatable bonds is 7. The highest BCUT2D eigenvalue weighted by Crippen LogP contribution is 2.50. The highest BCUT2D eigenvalue weighted by Gasteiger charge is 2.45. The average molecular weight is 401 g/mol. The summed E-state index contributed by atoms with van der Waals surface area (Å²) in [5.41, 5.74) is 1.52. The van der Waals surface area contributed by atoms with Gasteiger partial charge in [-0.05, 0) is 41.7 Å². The number of methoxy groups -OCH3 is 3. The summed E-state index contributed by atoms with van der Waals surface area (Å²) in [5.74, 6) is 0.979. The molecule has 0 radical (unpaired) electrons. The van der Waals surface area contributed by atoms with Crippen molar-refractivity contribution in [2.75, 3.05) is 21.3 Å². The molecule has 1 aliphatic rings. The van der Waals surface area contributed by atoms with E-state index in [2.05, 4.69) is 11.4 Å². The van der Waals surface area contributed by atoms with Gasteiger partial charge < -0.3 is 19.5 Å². The number of nitrogens with zero attached hydrogens (tertiary/aromatic N) is 1. The van der Waals surface area contributed by atoms with Gasteiger partial charge >= 0.3 is 0 Å². The Morgan fingerprint density at radius 3 is 2.36 bits per heavy atom. The lowest BCUT2D eigenvalue weighted by Crippen LogP contribution is -2.29. The maximum atomic E-state index is 12.7. The Morgan fingerprint density at radius 2 is 1.82 bits per heavy atom. The van der Waals surface area contributed by atoms with Crippen molar-refractivity contribution in [2.24, 2.45) is 5.92 Å². The minimum Gasteiger partial charge on any atom is -0.493 e. The number of carbonyl (C=O) groups is 1. The Kier molecular flexibility index (Phi) is 5.96. The Labute approximate surface area is 169 Å². The molecular formula is C21H21ClN2O4. The summed E-state index contributed by atoms with van der Waals surface area (Å²) >= 11 is 6.23. The van der Waals surface area contributed by atoms with E-state index >= 15 is 0 Å². The number of hydrogen-bond acceptors (Lipinski definition) is 5. The monoisotopic (exact) mass is 400 g/mol. The first kappa shape index (κ1) is 19.8. The average Bonchev–Trinajstić information content (AvgIpc) is 3.51. The molecule has 6 nitrogen and oxygen atoms in total. The van der Waals surface area contributed by atoms with Gasteiger partial charge in [-0.15, -0.1) is 0 Å². The van der Waals surface area contributed by atoms with Crippen molar-refractivity contribution in [1.82, 2.24) is 5.32 Å². The lowest BCUT2D eigenvalue weighted by Gasteiger charge is -2.17. The van der Waals surface area contributed by atoms with E-state index < -0.39 is 6.04 Å². The molecule has 1 fully saturated rings. The molecule has 0 saturated heterocycles. The molecule has 1 N–H and O–H groups in total. The second kappa shape index (κ2) is 8.41. The lowest BCUT2D eigenvalue weighted by molar-refractivity contribution is -0.122. The maximum Gasteiger partial charge on any atom is 0.225 e. The van der Waals surface area contributed by atoms with Crippen molar-refractivity contribution in [3.63, 3.8) is 0 Å². The predicted octanol–water partition coefficient (Wildman–Crippen LogP) is 3.85. The van der Waals surface area contributed by atoms with Crippen LogP contribution >= 0.6 is 11.6 Å². The molecule has 0 spiro atoms. The van der Waals surface area contributed by atoms with Gasteiger partial charge in [0.1, 0.15) is 6.04 Å². The Balaban J connectivity index is 1.77. The number of benzene rings is 2. The van der Waals surface area contributed by atoms with Crippen molar-refractivity contribution >= 4 is 17.5 Å². The van der Waals surface area contributed by atoms with Crippen LogP contribution in [0.4, 0.5) is 0 Å². The van der Waals surface area contributed by atoms with E-state index in [-0.39, 0.29) is 17.7 Å². The molecule has 2 aromatic rings. The quantitative estimate of drug-likeness (QED) is 0.763. The summed E-state index contributed by atoms with van der Waals surface area (Å²) in [4.78, 5) is 12.7. The summed E-state index contributed by atoms with van der Waals surface area (Å²) in [7, 11) is 4.50. The second-order valence-electron chi connectivity index (χ2n) is 6.50. The SMILES string of the molecule is COc1cc(C(C#N)NC(=O)C2CC2c2ccccc2Cl)cc(OC)c1OC. The van der Waals surface area contributed by atoms with Crippen molar-refractivity contribution in [2.45, 2.75) is 18.4 Å². The van der Waals surface area contributed by atoms with E-state index in [9.17, 15) is 10.1 Å². The molecule has 28 heavy (non-hydrogen) atoms. The van der Waals surface area contributed by atoms with Crippen molar-refractivity contribution < 1.29 is 19.0 Å². The van der Waals surface area contributed by atoms with E-state index in [1.807, 2.05) is 24.3 Å². The molecule has 3 atom stereocenters. The number of amides is 1. The lowest BCUT2D eigenvalue weighted by atomic mass is 10.1. The number of ether oxygens (including phenoxy) is 3. The van der Waals surface area contributed by atoms with Crippen LogP contribution in [0.3, 0.4) is 0 Å². The fraction of sp³-hybridized carbons (Fsp3) is 0.333. The van der Waals surface area contributed by atoms with Gasteiger partial charge in [0.25, 0.3) is 0 Å². The zero-order valence-electron chi connectivity index (χ0n) is 15.9. The highest BCUT2D eigenvalue weighted by atomic mass is 35.5. The van der Waals surface area contributed by atoms with E-state index in [1.165, 1.54) is 21.3 Å². The molecular weight excluding hydrogens is 380 g/mol. The molecule has 0 aliphatic heterocycles. The van der Waals surface area contributed by atoms with Gasteiger partial charge in [0.2, 0.25) is 11.7 Å². The number of nitrogens with one attached hydrogen (secondary N) is 1. The Bertz CT molecular complexity index is 900. The van der Waals surface area contributed by atoms with Gasteiger partial charge in [-0.25, -0.2) is 0 Å². The molecule has 3 rings (SSSR count). The molecule has 0 bridgehead atoms. The largest absolute Gasteiger partial charge is 0.493 e. The Morgan fingerprint density at radius 1 is 1.18 bits per heavy atom. The van der Waals surface area contributed by atoms with E-state index in [0.717, 1.165) is 5.56 Å². The summed E-state index contributed by atoms with van der Waals surface area (Å²) in [6.07, 6.45) is 0.711. The van der Waals surface area contributed by atoms with Crippen molar-refractivity contribution in [3.05, 3.63) is 52.5 Å². The smallest absolute Gasteiger partial charge is 0.225 e. The van der Waals surface area contributed by atoms with E-state index in [1.54, 1.807) is 12.1 Å². The zero-order valence-corrected chi connectivity index (χ0v) is 16.6. The van der Waals surface area contributed by atoms with E-state index in [0.29, 0.717) is 34.3 Å². The van der Waals surface area contributed by atoms with Crippen molar-refractivity contribution in [3.8, 4) is 23.3 Å². The number of hydrogen-bond donors (Lipinski definition) is 1. The van der Waals surface area contributed by atoms with Crippen LogP contribution in [0.5, 0.6) is 17.2 Å². The van der Waals surface area contributed by atoms with Crippen LogP contribution in [0.25, 0.3) is 0 Å². The van der Waals surface area contributed by atoms with Gasteiger partial charge in [0.15, 0.2) is 11.5 Å².